The van der Waals surface area contributed by atoms with Crippen molar-refractivity contribution in [1.82, 2.24) is 9.80 Å². The van der Waals surface area contributed by atoms with Gasteiger partial charge in [-0.15, -0.1) is 0 Å². The van der Waals surface area contributed by atoms with Gasteiger partial charge < -0.3 is 30.4 Å². The number of nitrogen functional groups attached to an aromatic ring is 1. The van der Waals surface area contributed by atoms with Gasteiger partial charge in [-0.25, -0.2) is 10.6 Å². The second-order valence-electron chi connectivity index (χ2n) is 10.8. The molecule has 0 radical (unpaired) electrons. The number of ether oxygens (including phenoxy) is 1. The summed E-state index contributed by atoms with van der Waals surface area (Å²) in [6.45, 7) is 5.86. The lowest BCUT2D eigenvalue weighted by atomic mass is 9.83. The molecular formula is C29H39N5O4. The number of carboxylic acids is 1. The number of benzene rings is 2. The number of anilines is 2. The highest BCUT2D eigenvalue weighted by Gasteiger charge is 2.30. The Bertz CT molecular complexity index is 1190. The Morgan fingerprint density at radius 2 is 1.84 bits per heavy atom. The highest BCUT2D eigenvalue weighted by molar-refractivity contribution is 5.76. The van der Waals surface area contributed by atoms with E-state index in [9.17, 15) is 14.7 Å². The van der Waals surface area contributed by atoms with E-state index >= 15 is 0 Å². The monoisotopic (exact) mass is 521 g/mol. The van der Waals surface area contributed by atoms with Crippen LogP contribution in [-0.2, 0) is 22.5 Å². The molecule has 5 N–H and O–H groups in total. The van der Waals surface area contributed by atoms with Crippen molar-refractivity contribution < 1.29 is 19.4 Å². The predicted molar refractivity (Wildman–Crippen MR) is 147 cm³/mol. The highest BCUT2D eigenvalue weighted by atomic mass is 16.5. The molecule has 2 aromatic rings. The van der Waals surface area contributed by atoms with Crippen molar-refractivity contribution in [3.05, 3.63) is 58.1 Å². The molecule has 0 saturated carbocycles. The predicted octanol–water partition coefficient (Wildman–Crippen LogP) is 3.62. The Balaban J connectivity index is 1.51. The molecule has 1 saturated heterocycles. The van der Waals surface area contributed by atoms with Crippen LogP contribution < -0.4 is 16.6 Å². The summed E-state index contributed by atoms with van der Waals surface area (Å²) in [5.74, 6) is 5.16. The summed E-state index contributed by atoms with van der Waals surface area (Å²) in [6, 6.07) is 10.1. The number of hydrogen-bond donors (Lipinski definition) is 3. The van der Waals surface area contributed by atoms with E-state index in [4.69, 9.17) is 16.3 Å². The number of piperidine rings is 1. The maximum atomic E-state index is 13.4. The van der Waals surface area contributed by atoms with Crippen LogP contribution in [0.3, 0.4) is 0 Å². The van der Waals surface area contributed by atoms with Gasteiger partial charge in [-0.2, -0.15) is 0 Å². The summed E-state index contributed by atoms with van der Waals surface area (Å²) < 4.78 is 6.12. The zero-order chi connectivity index (χ0) is 26.8. The SMILES string of the molecule is Cc1c2ccc(c1N)N(N)CCCCOC1CCN(CC1)C(=O)N1CCc3ccc(cc3C1)C2CC(=O)O. The third-order valence-corrected chi connectivity index (χ3v) is 8.37. The van der Waals surface area contributed by atoms with Crippen LogP contribution in [0.2, 0.25) is 0 Å². The van der Waals surface area contributed by atoms with Gasteiger partial charge in [0.15, 0.2) is 0 Å². The van der Waals surface area contributed by atoms with Crippen LogP contribution >= 0.6 is 0 Å². The lowest BCUT2D eigenvalue weighted by molar-refractivity contribution is -0.137. The van der Waals surface area contributed by atoms with Crippen LogP contribution in [0, 0.1) is 6.92 Å². The molecule has 204 valence electrons. The van der Waals surface area contributed by atoms with Crippen LogP contribution in [0.1, 0.15) is 65.8 Å². The Hall–Kier alpha value is -3.30. The summed E-state index contributed by atoms with van der Waals surface area (Å²) in [6.07, 6.45) is 4.36. The molecule has 6 aliphatic heterocycles. The number of hydrazine groups is 1. The number of carbonyl (C=O) groups is 2. The number of nitrogens with zero attached hydrogens (tertiary/aromatic N) is 3. The minimum Gasteiger partial charge on any atom is -0.481 e. The molecule has 1 unspecified atom stereocenters. The largest absolute Gasteiger partial charge is 0.481 e. The molecule has 9 heteroatoms. The maximum Gasteiger partial charge on any atom is 0.320 e. The van der Waals surface area contributed by atoms with E-state index in [0.29, 0.717) is 45.0 Å². The first-order valence-electron chi connectivity index (χ1n) is 13.7. The van der Waals surface area contributed by atoms with E-state index in [1.165, 1.54) is 5.56 Å². The third-order valence-electron chi connectivity index (χ3n) is 8.37. The molecule has 1 fully saturated rings. The van der Waals surface area contributed by atoms with Crippen molar-refractivity contribution in [3.8, 4) is 0 Å². The molecule has 6 aliphatic rings. The van der Waals surface area contributed by atoms with Crippen LogP contribution in [0.15, 0.2) is 30.3 Å². The maximum absolute atomic E-state index is 13.4. The number of aliphatic carboxylic acids is 1. The van der Waals surface area contributed by atoms with Crippen molar-refractivity contribution in [2.75, 3.05) is 43.5 Å². The second-order valence-corrected chi connectivity index (χ2v) is 10.8. The molecule has 7 bridgehead atoms. The van der Waals surface area contributed by atoms with Gasteiger partial charge in [0.25, 0.3) is 0 Å². The minimum absolute atomic E-state index is 0.0532. The molecular weight excluding hydrogens is 482 g/mol. The van der Waals surface area contributed by atoms with Crippen molar-refractivity contribution in [2.45, 2.75) is 64.0 Å². The quantitative estimate of drug-likeness (QED) is 0.407. The van der Waals surface area contributed by atoms with E-state index in [1.54, 1.807) is 5.01 Å². The van der Waals surface area contributed by atoms with Crippen molar-refractivity contribution >= 4 is 23.4 Å². The summed E-state index contributed by atoms with van der Waals surface area (Å²) in [7, 11) is 0. The topological polar surface area (TPSA) is 125 Å². The first-order chi connectivity index (χ1) is 18.3. The summed E-state index contributed by atoms with van der Waals surface area (Å²) >= 11 is 0. The standard InChI is InChI=1S/C29H39N5O4/c1-19-24-6-7-26(28(19)30)34(31)11-2-3-15-38-23-9-13-32(14-10-23)29(37)33-12-8-20-4-5-21(16-22(20)18-33)25(24)17-27(35)36/h4-7,16,23,25H,2-3,8-15,17-18,30-31H2,1H3,(H,35,36). The molecule has 9 nitrogen and oxygen atoms in total. The zero-order valence-electron chi connectivity index (χ0n) is 22.2. The van der Waals surface area contributed by atoms with Crippen molar-refractivity contribution in [3.63, 3.8) is 0 Å². The number of amides is 2. The van der Waals surface area contributed by atoms with Gasteiger partial charge in [-0.3, -0.25) is 4.79 Å². The van der Waals surface area contributed by atoms with Crippen molar-refractivity contribution in [2.24, 2.45) is 5.84 Å². The third kappa shape index (κ3) is 5.44. The number of rotatable bonds is 2. The van der Waals surface area contributed by atoms with Crippen LogP contribution in [0.5, 0.6) is 0 Å². The van der Waals surface area contributed by atoms with E-state index in [1.807, 2.05) is 34.9 Å². The Kier molecular flexibility index (Phi) is 7.76. The number of carbonyl (C=O) groups excluding carboxylic acids is 1. The van der Waals surface area contributed by atoms with Crippen LogP contribution in [0.4, 0.5) is 16.2 Å². The van der Waals surface area contributed by atoms with Gasteiger partial charge in [0.1, 0.15) is 0 Å². The number of hydrogen-bond acceptors (Lipinski definition) is 6. The molecule has 38 heavy (non-hydrogen) atoms. The lowest BCUT2D eigenvalue weighted by Gasteiger charge is -2.37. The van der Waals surface area contributed by atoms with Gasteiger partial charge >= 0.3 is 12.0 Å². The molecule has 6 heterocycles. The van der Waals surface area contributed by atoms with Gasteiger partial charge in [0, 0.05) is 45.2 Å². The molecule has 1 atom stereocenters. The number of nitrogens with two attached hydrogens (primary N) is 2. The van der Waals surface area contributed by atoms with Gasteiger partial charge in [0.05, 0.1) is 23.9 Å². The van der Waals surface area contributed by atoms with Gasteiger partial charge in [0.2, 0.25) is 0 Å². The fourth-order valence-corrected chi connectivity index (χ4v) is 6.07. The summed E-state index contributed by atoms with van der Waals surface area (Å²) in [4.78, 5) is 29.2. The van der Waals surface area contributed by atoms with E-state index < -0.39 is 5.97 Å². The fraction of sp³-hybridized carbons (Fsp3) is 0.517. The highest BCUT2D eigenvalue weighted by Crippen LogP contribution is 2.37. The Morgan fingerprint density at radius 3 is 2.61 bits per heavy atom. The van der Waals surface area contributed by atoms with Gasteiger partial charge in [-0.05, 0) is 72.9 Å². The Labute approximate surface area is 224 Å². The average molecular weight is 522 g/mol. The molecule has 0 aliphatic carbocycles. The van der Waals surface area contributed by atoms with Crippen molar-refractivity contribution in [1.29, 1.82) is 0 Å². The summed E-state index contributed by atoms with van der Waals surface area (Å²) in [5, 5.41) is 11.5. The number of urea groups is 1. The summed E-state index contributed by atoms with van der Waals surface area (Å²) in [5.41, 5.74) is 12.8. The molecule has 2 aromatic carbocycles. The zero-order valence-corrected chi connectivity index (χ0v) is 22.2. The smallest absolute Gasteiger partial charge is 0.320 e. The first-order valence-corrected chi connectivity index (χ1v) is 13.7. The molecule has 0 aromatic heterocycles. The molecule has 0 spiro atoms. The van der Waals surface area contributed by atoms with Gasteiger partial charge in [-0.1, -0.05) is 24.3 Å². The first kappa shape index (κ1) is 26.3. The second kappa shape index (κ2) is 11.2. The van der Waals surface area contributed by atoms with E-state index in [2.05, 4.69) is 12.1 Å². The molecule has 2 amide bonds. The number of carboxylic acid groups (broad SMARTS) is 1. The fourth-order valence-electron chi connectivity index (χ4n) is 6.07. The van der Waals surface area contributed by atoms with E-state index in [-0.39, 0.29) is 24.5 Å². The van der Waals surface area contributed by atoms with Crippen LogP contribution in [-0.4, -0.2) is 65.8 Å². The Morgan fingerprint density at radius 1 is 1.05 bits per heavy atom. The molecule has 8 rings (SSSR count). The normalized spacial score (nSPS) is 22.6. The van der Waals surface area contributed by atoms with E-state index in [0.717, 1.165) is 60.0 Å². The minimum atomic E-state index is -0.872. The van der Waals surface area contributed by atoms with Crippen LogP contribution in [0.25, 0.3) is 0 Å². The lowest BCUT2D eigenvalue weighted by Crippen LogP contribution is -2.49. The average Bonchev–Trinajstić information content (AvgIpc) is 2.92.